The van der Waals surface area contributed by atoms with Gasteiger partial charge in [0.25, 0.3) is 5.91 Å². The molecule has 0 atom stereocenters. The molecule has 0 radical (unpaired) electrons. The van der Waals surface area contributed by atoms with Crippen molar-refractivity contribution < 1.29 is 4.79 Å². The second-order valence-electron chi connectivity index (χ2n) is 5.79. The summed E-state index contributed by atoms with van der Waals surface area (Å²) >= 11 is 0. The maximum Gasteiger partial charge on any atom is 0.255 e. The zero-order chi connectivity index (χ0) is 15.5. The summed E-state index contributed by atoms with van der Waals surface area (Å²) in [5.41, 5.74) is 9.95. The first-order valence-electron chi connectivity index (χ1n) is 7.58. The monoisotopic (exact) mass is 292 g/mol. The van der Waals surface area contributed by atoms with E-state index in [-0.39, 0.29) is 5.91 Å². The van der Waals surface area contributed by atoms with Gasteiger partial charge < -0.3 is 11.1 Å². The summed E-state index contributed by atoms with van der Waals surface area (Å²) in [6, 6.07) is 13.2. The summed E-state index contributed by atoms with van der Waals surface area (Å²) in [6.07, 6.45) is 6.97. The molecule has 112 valence electrons. The number of carbonyl (C=O) groups is 1. The van der Waals surface area contributed by atoms with Crippen molar-refractivity contribution in [1.82, 2.24) is 0 Å². The molecule has 2 aromatic carbocycles. The van der Waals surface area contributed by atoms with Gasteiger partial charge in [0.05, 0.1) is 0 Å². The number of allylic oxidation sites excluding steroid dienone is 1. The van der Waals surface area contributed by atoms with Gasteiger partial charge in [0, 0.05) is 16.9 Å². The van der Waals surface area contributed by atoms with Crippen LogP contribution in [0.2, 0.25) is 0 Å². The molecule has 0 spiro atoms. The second-order valence-corrected chi connectivity index (χ2v) is 5.79. The Bertz CT molecular complexity index is 713. The lowest BCUT2D eigenvalue weighted by atomic mass is 10.1. The number of anilines is 2. The van der Waals surface area contributed by atoms with Gasteiger partial charge in [-0.15, -0.1) is 0 Å². The molecule has 0 aromatic heterocycles. The van der Waals surface area contributed by atoms with Crippen molar-refractivity contribution in [2.45, 2.75) is 19.8 Å². The van der Waals surface area contributed by atoms with Crippen LogP contribution < -0.4 is 11.1 Å². The van der Waals surface area contributed by atoms with Gasteiger partial charge in [0.1, 0.15) is 0 Å². The van der Waals surface area contributed by atoms with E-state index in [2.05, 4.69) is 17.5 Å². The predicted molar refractivity (Wildman–Crippen MR) is 91.7 cm³/mol. The lowest BCUT2D eigenvalue weighted by molar-refractivity contribution is 0.102. The third-order valence-corrected chi connectivity index (χ3v) is 3.98. The fourth-order valence-corrected chi connectivity index (χ4v) is 2.26. The summed E-state index contributed by atoms with van der Waals surface area (Å²) in [7, 11) is 0. The van der Waals surface area contributed by atoms with Crippen LogP contribution in [0.3, 0.4) is 0 Å². The summed E-state index contributed by atoms with van der Waals surface area (Å²) in [6.45, 7) is 1.90. The summed E-state index contributed by atoms with van der Waals surface area (Å²) in [4.78, 5) is 12.3. The molecule has 1 saturated carbocycles. The van der Waals surface area contributed by atoms with Crippen LogP contribution in [0.15, 0.2) is 48.5 Å². The minimum Gasteiger partial charge on any atom is -0.398 e. The van der Waals surface area contributed by atoms with Crippen LogP contribution in [-0.4, -0.2) is 5.91 Å². The van der Waals surface area contributed by atoms with Crippen LogP contribution in [0.1, 0.15) is 34.3 Å². The molecular weight excluding hydrogens is 272 g/mol. The molecule has 3 N–H and O–H groups in total. The van der Waals surface area contributed by atoms with E-state index in [1.165, 1.54) is 12.8 Å². The Kier molecular flexibility index (Phi) is 3.96. The Labute approximate surface area is 130 Å². The van der Waals surface area contributed by atoms with Gasteiger partial charge in [-0.05, 0) is 61.1 Å². The lowest BCUT2D eigenvalue weighted by Gasteiger charge is -2.10. The standard InChI is InChI=1S/C19H20N2O/c1-13-17(20)3-2-4-18(13)21-19(22)16-11-9-15(10-12-16)8-7-14-5-6-14/h2-4,7-12,14H,5-6,20H2,1H3,(H,21,22). The number of hydrogen-bond donors (Lipinski definition) is 2. The van der Waals surface area contributed by atoms with Crippen LogP contribution in [0.25, 0.3) is 6.08 Å². The van der Waals surface area contributed by atoms with E-state index in [1.807, 2.05) is 49.4 Å². The van der Waals surface area contributed by atoms with Gasteiger partial charge in [0.15, 0.2) is 0 Å². The van der Waals surface area contributed by atoms with E-state index in [4.69, 9.17) is 5.73 Å². The average molecular weight is 292 g/mol. The van der Waals surface area contributed by atoms with E-state index >= 15 is 0 Å². The Balaban J connectivity index is 1.70. The fraction of sp³-hybridized carbons (Fsp3) is 0.211. The molecule has 2 aromatic rings. The highest BCUT2D eigenvalue weighted by atomic mass is 16.1. The molecule has 0 heterocycles. The van der Waals surface area contributed by atoms with Crippen molar-refractivity contribution in [2.24, 2.45) is 5.92 Å². The first kappa shape index (κ1) is 14.4. The van der Waals surface area contributed by atoms with Crippen molar-refractivity contribution in [1.29, 1.82) is 0 Å². The normalized spacial score (nSPS) is 14.2. The van der Waals surface area contributed by atoms with Crippen LogP contribution in [0.5, 0.6) is 0 Å². The molecule has 1 aliphatic carbocycles. The first-order chi connectivity index (χ1) is 10.6. The molecule has 1 amide bonds. The predicted octanol–water partition coefficient (Wildman–Crippen LogP) is 4.25. The smallest absolute Gasteiger partial charge is 0.255 e. The number of hydrogen-bond acceptors (Lipinski definition) is 2. The highest BCUT2D eigenvalue weighted by Gasteiger charge is 2.16. The minimum atomic E-state index is -0.119. The zero-order valence-corrected chi connectivity index (χ0v) is 12.7. The van der Waals surface area contributed by atoms with E-state index in [0.717, 1.165) is 22.7 Å². The minimum absolute atomic E-state index is 0.119. The van der Waals surface area contributed by atoms with Crippen molar-refractivity contribution in [3.05, 3.63) is 65.2 Å². The van der Waals surface area contributed by atoms with Crippen molar-refractivity contribution >= 4 is 23.4 Å². The molecule has 0 bridgehead atoms. The summed E-state index contributed by atoms with van der Waals surface area (Å²) < 4.78 is 0. The Morgan fingerprint density at radius 1 is 1.18 bits per heavy atom. The molecule has 22 heavy (non-hydrogen) atoms. The van der Waals surface area contributed by atoms with Gasteiger partial charge in [-0.2, -0.15) is 0 Å². The van der Waals surface area contributed by atoms with Crippen molar-refractivity contribution in [2.75, 3.05) is 11.1 Å². The Morgan fingerprint density at radius 3 is 2.59 bits per heavy atom. The van der Waals surface area contributed by atoms with Crippen molar-refractivity contribution in [3.63, 3.8) is 0 Å². The van der Waals surface area contributed by atoms with E-state index in [1.54, 1.807) is 0 Å². The largest absolute Gasteiger partial charge is 0.398 e. The van der Waals surface area contributed by atoms with Crippen molar-refractivity contribution in [3.8, 4) is 0 Å². The third kappa shape index (κ3) is 3.37. The van der Waals surface area contributed by atoms with Gasteiger partial charge >= 0.3 is 0 Å². The lowest BCUT2D eigenvalue weighted by Crippen LogP contribution is -2.13. The Morgan fingerprint density at radius 2 is 1.91 bits per heavy atom. The number of rotatable bonds is 4. The van der Waals surface area contributed by atoms with Gasteiger partial charge in [0.2, 0.25) is 0 Å². The number of carbonyl (C=O) groups excluding carboxylic acids is 1. The average Bonchev–Trinajstić information content (AvgIpc) is 3.34. The number of benzene rings is 2. The van der Waals surface area contributed by atoms with Gasteiger partial charge in [-0.1, -0.05) is 30.4 Å². The van der Waals surface area contributed by atoms with Gasteiger partial charge in [-0.3, -0.25) is 4.79 Å². The van der Waals surface area contributed by atoms with Crippen LogP contribution in [0, 0.1) is 12.8 Å². The fourth-order valence-electron chi connectivity index (χ4n) is 2.26. The summed E-state index contributed by atoms with van der Waals surface area (Å²) in [5.74, 6) is 0.640. The van der Waals surface area contributed by atoms with E-state index < -0.39 is 0 Å². The van der Waals surface area contributed by atoms with Crippen LogP contribution >= 0.6 is 0 Å². The third-order valence-electron chi connectivity index (χ3n) is 3.98. The molecule has 0 saturated heterocycles. The SMILES string of the molecule is Cc1c(N)cccc1NC(=O)c1ccc(C=CC2CC2)cc1. The number of nitrogens with two attached hydrogens (primary N) is 1. The summed E-state index contributed by atoms with van der Waals surface area (Å²) in [5, 5.41) is 2.91. The molecule has 1 aliphatic rings. The highest BCUT2D eigenvalue weighted by Crippen LogP contribution is 2.30. The molecule has 0 aliphatic heterocycles. The van der Waals surface area contributed by atoms with E-state index in [9.17, 15) is 4.79 Å². The maximum atomic E-state index is 12.3. The number of nitrogens with one attached hydrogen (secondary N) is 1. The van der Waals surface area contributed by atoms with E-state index in [0.29, 0.717) is 11.3 Å². The van der Waals surface area contributed by atoms with Crippen LogP contribution in [0.4, 0.5) is 11.4 Å². The molecule has 1 fully saturated rings. The Hall–Kier alpha value is -2.55. The first-order valence-corrected chi connectivity index (χ1v) is 7.58. The molecule has 0 unspecified atom stereocenters. The van der Waals surface area contributed by atoms with Gasteiger partial charge in [-0.25, -0.2) is 0 Å². The molecule has 3 nitrogen and oxygen atoms in total. The topological polar surface area (TPSA) is 55.1 Å². The molecular formula is C19H20N2O. The zero-order valence-electron chi connectivity index (χ0n) is 12.7. The maximum absolute atomic E-state index is 12.3. The molecule has 3 rings (SSSR count). The molecule has 3 heteroatoms. The quantitative estimate of drug-likeness (QED) is 0.828. The highest BCUT2D eigenvalue weighted by molar-refractivity contribution is 6.05. The number of nitrogen functional groups attached to an aromatic ring is 1. The van der Waals surface area contributed by atoms with Crippen LogP contribution in [-0.2, 0) is 0 Å². The number of amides is 1. The second kappa shape index (κ2) is 6.06.